The van der Waals surface area contributed by atoms with Crippen LogP contribution in [0.15, 0.2) is 0 Å². The zero-order valence-corrected chi connectivity index (χ0v) is 13.2. The van der Waals surface area contributed by atoms with Crippen molar-refractivity contribution in [3.63, 3.8) is 0 Å². The lowest BCUT2D eigenvalue weighted by molar-refractivity contribution is 0.00812. The van der Waals surface area contributed by atoms with Gasteiger partial charge in [-0.3, -0.25) is 4.90 Å². The minimum atomic E-state index is 0.559. The van der Waals surface area contributed by atoms with Gasteiger partial charge in [0.1, 0.15) is 0 Å². The summed E-state index contributed by atoms with van der Waals surface area (Å²) in [6.45, 7) is 12.5. The standard InChI is InChI=1S/C15H32N2O2/c1-5-7-16-15-6-9-19-12-14(15)11-17(13(2)3)8-10-18-4/h13-16H,5-12H2,1-4H3. The van der Waals surface area contributed by atoms with Gasteiger partial charge in [-0.2, -0.15) is 0 Å². The molecular weight excluding hydrogens is 240 g/mol. The van der Waals surface area contributed by atoms with E-state index in [9.17, 15) is 0 Å². The maximum Gasteiger partial charge on any atom is 0.0589 e. The van der Waals surface area contributed by atoms with E-state index in [1.807, 2.05) is 0 Å². The predicted octanol–water partition coefficient (Wildman–Crippen LogP) is 1.75. The molecule has 1 rings (SSSR count). The fourth-order valence-electron chi connectivity index (χ4n) is 2.65. The summed E-state index contributed by atoms with van der Waals surface area (Å²) in [5.74, 6) is 0.597. The molecular formula is C15H32N2O2. The monoisotopic (exact) mass is 272 g/mol. The van der Waals surface area contributed by atoms with Crippen LogP contribution < -0.4 is 5.32 Å². The third-order valence-corrected chi connectivity index (χ3v) is 3.91. The third kappa shape index (κ3) is 6.21. The average molecular weight is 272 g/mol. The van der Waals surface area contributed by atoms with Crippen LogP contribution in [0.5, 0.6) is 0 Å². The highest BCUT2D eigenvalue weighted by Gasteiger charge is 2.27. The Balaban J connectivity index is 2.47. The first-order chi connectivity index (χ1) is 9.19. The topological polar surface area (TPSA) is 33.7 Å². The van der Waals surface area contributed by atoms with Crippen molar-refractivity contribution in [2.24, 2.45) is 5.92 Å². The molecule has 4 heteroatoms. The van der Waals surface area contributed by atoms with Gasteiger partial charge in [0.25, 0.3) is 0 Å². The second-order valence-electron chi connectivity index (χ2n) is 5.77. The van der Waals surface area contributed by atoms with E-state index in [4.69, 9.17) is 9.47 Å². The van der Waals surface area contributed by atoms with Gasteiger partial charge in [-0.1, -0.05) is 6.92 Å². The van der Waals surface area contributed by atoms with E-state index in [1.165, 1.54) is 6.42 Å². The zero-order chi connectivity index (χ0) is 14.1. The van der Waals surface area contributed by atoms with Gasteiger partial charge in [0.05, 0.1) is 13.2 Å². The minimum Gasteiger partial charge on any atom is -0.383 e. The molecule has 2 atom stereocenters. The fraction of sp³-hybridized carbons (Fsp3) is 1.00. The first-order valence-electron chi connectivity index (χ1n) is 7.73. The van der Waals surface area contributed by atoms with E-state index in [2.05, 4.69) is 31.0 Å². The van der Waals surface area contributed by atoms with Gasteiger partial charge in [0.2, 0.25) is 0 Å². The summed E-state index contributed by atoms with van der Waals surface area (Å²) in [6, 6.07) is 1.17. The van der Waals surface area contributed by atoms with Crippen molar-refractivity contribution >= 4 is 0 Å². The van der Waals surface area contributed by atoms with Crippen LogP contribution in [-0.4, -0.2) is 63.5 Å². The molecule has 2 unspecified atom stereocenters. The van der Waals surface area contributed by atoms with Gasteiger partial charge in [-0.15, -0.1) is 0 Å². The van der Waals surface area contributed by atoms with E-state index < -0.39 is 0 Å². The van der Waals surface area contributed by atoms with Crippen LogP contribution in [0.4, 0.5) is 0 Å². The number of nitrogens with zero attached hydrogens (tertiary/aromatic N) is 1. The van der Waals surface area contributed by atoms with Gasteiger partial charge in [0.15, 0.2) is 0 Å². The summed E-state index contributed by atoms with van der Waals surface area (Å²) in [4.78, 5) is 2.50. The maximum atomic E-state index is 5.68. The van der Waals surface area contributed by atoms with Gasteiger partial charge in [-0.25, -0.2) is 0 Å². The van der Waals surface area contributed by atoms with E-state index in [0.717, 1.165) is 45.9 Å². The highest BCUT2D eigenvalue weighted by Crippen LogP contribution is 2.17. The molecule has 0 aromatic carbocycles. The van der Waals surface area contributed by atoms with Crippen molar-refractivity contribution < 1.29 is 9.47 Å². The van der Waals surface area contributed by atoms with Gasteiger partial charge in [0, 0.05) is 44.8 Å². The van der Waals surface area contributed by atoms with E-state index in [1.54, 1.807) is 7.11 Å². The van der Waals surface area contributed by atoms with Crippen LogP contribution >= 0.6 is 0 Å². The molecule has 0 bridgehead atoms. The second kappa shape index (κ2) is 9.70. The minimum absolute atomic E-state index is 0.559. The lowest BCUT2D eigenvalue weighted by Gasteiger charge is -2.37. The zero-order valence-electron chi connectivity index (χ0n) is 13.2. The lowest BCUT2D eigenvalue weighted by Crippen LogP contribution is -2.49. The van der Waals surface area contributed by atoms with Crippen molar-refractivity contribution in [3.05, 3.63) is 0 Å². The molecule has 0 saturated carbocycles. The van der Waals surface area contributed by atoms with Crippen LogP contribution in [0, 0.1) is 5.92 Å². The summed E-state index contributed by atoms with van der Waals surface area (Å²) in [6.07, 6.45) is 2.34. The molecule has 0 amide bonds. The summed E-state index contributed by atoms with van der Waals surface area (Å²) < 4.78 is 10.9. The molecule has 0 aliphatic carbocycles. The summed E-state index contributed by atoms with van der Waals surface area (Å²) in [7, 11) is 1.77. The van der Waals surface area contributed by atoms with Crippen molar-refractivity contribution in [1.29, 1.82) is 0 Å². The Morgan fingerprint density at radius 3 is 2.84 bits per heavy atom. The van der Waals surface area contributed by atoms with Crippen LogP contribution in [0.25, 0.3) is 0 Å². The highest BCUT2D eigenvalue weighted by molar-refractivity contribution is 4.83. The van der Waals surface area contributed by atoms with Crippen molar-refractivity contribution in [3.8, 4) is 0 Å². The average Bonchev–Trinajstić information content (AvgIpc) is 2.41. The van der Waals surface area contributed by atoms with Crippen LogP contribution in [-0.2, 0) is 9.47 Å². The molecule has 0 aromatic heterocycles. The first-order valence-corrected chi connectivity index (χ1v) is 7.73. The largest absolute Gasteiger partial charge is 0.383 e. The molecule has 1 fully saturated rings. The van der Waals surface area contributed by atoms with E-state index >= 15 is 0 Å². The smallest absolute Gasteiger partial charge is 0.0589 e. The molecule has 0 aromatic rings. The lowest BCUT2D eigenvalue weighted by atomic mass is 9.94. The number of rotatable bonds is 9. The summed E-state index contributed by atoms with van der Waals surface area (Å²) in [5, 5.41) is 3.68. The van der Waals surface area contributed by atoms with Crippen molar-refractivity contribution in [1.82, 2.24) is 10.2 Å². The third-order valence-electron chi connectivity index (χ3n) is 3.91. The van der Waals surface area contributed by atoms with Crippen molar-refractivity contribution in [2.75, 3.05) is 46.6 Å². The van der Waals surface area contributed by atoms with E-state index in [0.29, 0.717) is 18.0 Å². The van der Waals surface area contributed by atoms with Gasteiger partial charge in [-0.05, 0) is 33.2 Å². The summed E-state index contributed by atoms with van der Waals surface area (Å²) in [5.41, 5.74) is 0. The Morgan fingerprint density at radius 2 is 2.21 bits per heavy atom. The fourth-order valence-corrected chi connectivity index (χ4v) is 2.65. The number of hydrogen-bond donors (Lipinski definition) is 1. The molecule has 4 nitrogen and oxygen atoms in total. The molecule has 19 heavy (non-hydrogen) atoms. The Bertz CT molecular complexity index is 224. The number of ether oxygens (including phenoxy) is 2. The maximum absolute atomic E-state index is 5.68. The molecule has 0 radical (unpaired) electrons. The number of nitrogens with one attached hydrogen (secondary N) is 1. The van der Waals surface area contributed by atoms with Crippen molar-refractivity contribution in [2.45, 2.75) is 45.7 Å². The predicted molar refractivity (Wildman–Crippen MR) is 79.6 cm³/mol. The van der Waals surface area contributed by atoms with Crippen LogP contribution in [0.2, 0.25) is 0 Å². The summed E-state index contributed by atoms with van der Waals surface area (Å²) >= 11 is 0. The number of hydrogen-bond acceptors (Lipinski definition) is 4. The molecule has 1 aliphatic rings. The Kier molecular flexibility index (Phi) is 8.62. The quantitative estimate of drug-likeness (QED) is 0.693. The second-order valence-corrected chi connectivity index (χ2v) is 5.77. The normalized spacial score (nSPS) is 24.3. The van der Waals surface area contributed by atoms with Gasteiger partial charge < -0.3 is 14.8 Å². The Morgan fingerprint density at radius 1 is 1.42 bits per heavy atom. The van der Waals surface area contributed by atoms with Gasteiger partial charge >= 0.3 is 0 Å². The SMILES string of the molecule is CCCNC1CCOCC1CN(CCOC)C(C)C. The molecule has 1 saturated heterocycles. The Labute approximate surface area is 118 Å². The molecule has 1 N–H and O–H groups in total. The van der Waals surface area contributed by atoms with Crippen LogP contribution in [0.1, 0.15) is 33.6 Å². The highest BCUT2D eigenvalue weighted by atomic mass is 16.5. The van der Waals surface area contributed by atoms with E-state index in [-0.39, 0.29) is 0 Å². The molecule has 1 aliphatic heterocycles. The van der Waals surface area contributed by atoms with Crippen LogP contribution in [0.3, 0.4) is 0 Å². The Hall–Kier alpha value is -0.160. The number of methoxy groups -OCH3 is 1. The molecule has 0 spiro atoms. The molecule has 114 valence electrons. The first kappa shape index (κ1) is 16.9. The molecule has 1 heterocycles.